The van der Waals surface area contributed by atoms with Crippen LogP contribution in [0.4, 0.5) is 16.5 Å². The molecule has 0 atom stereocenters. The molecular formula is C23H24ClN5O3S. The minimum absolute atomic E-state index is 0.0869. The first-order chi connectivity index (χ1) is 16.0. The van der Waals surface area contributed by atoms with Crippen molar-refractivity contribution in [1.29, 1.82) is 0 Å². The van der Waals surface area contributed by atoms with E-state index in [0.717, 1.165) is 17.1 Å². The van der Waals surface area contributed by atoms with E-state index in [2.05, 4.69) is 15.6 Å². The second-order valence-corrected chi connectivity index (χ2v) is 8.81. The van der Waals surface area contributed by atoms with Gasteiger partial charge in [0, 0.05) is 48.0 Å². The van der Waals surface area contributed by atoms with Gasteiger partial charge in [-0.05, 0) is 42.5 Å². The molecule has 0 radical (unpaired) electrons. The van der Waals surface area contributed by atoms with Crippen LogP contribution in [0.25, 0.3) is 0 Å². The molecule has 1 aliphatic heterocycles. The maximum absolute atomic E-state index is 12.9. The second-order valence-electron chi connectivity index (χ2n) is 7.52. The average Bonchev–Trinajstić information content (AvgIpc) is 3.28. The summed E-state index contributed by atoms with van der Waals surface area (Å²) in [6, 6.07) is 14.5. The smallest absolute Gasteiger partial charge is 0.273 e. The van der Waals surface area contributed by atoms with Crippen molar-refractivity contribution in [3.8, 4) is 5.75 Å². The Morgan fingerprint density at radius 2 is 1.85 bits per heavy atom. The summed E-state index contributed by atoms with van der Waals surface area (Å²) in [7, 11) is 1.60. The minimum atomic E-state index is -0.104. The van der Waals surface area contributed by atoms with E-state index >= 15 is 0 Å². The van der Waals surface area contributed by atoms with Crippen molar-refractivity contribution < 1.29 is 14.3 Å². The van der Waals surface area contributed by atoms with Crippen molar-refractivity contribution in [1.82, 2.24) is 14.8 Å². The number of hydrogen-bond acceptors (Lipinski definition) is 7. The molecular weight excluding hydrogens is 462 g/mol. The predicted octanol–water partition coefficient (Wildman–Crippen LogP) is 3.95. The zero-order chi connectivity index (χ0) is 23.2. The Labute approximate surface area is 201 Å². The normalized spacial score (nSPS) is 14.1. The molecule has 1 fully saturated rings. The summed E-state index contributed by atoms with van der Waals surface area (Å²) in [6.07, 6.45) is 0. The van der Waals surface area contributed by atoms with Crippen LogP contribution in [0.3, 0.4) is 0 Å². The van der Waals surface area contributed by atoms with Crippen LogP contribution < -0.4 is 15.4 Å². The number of nitrogens with zero attached hydrogens (tertiary/aromatic N) is 3. The van der Waals surface area contributed by atoms with Gasteiger partial charge in [0.2, 0.25) is 5.91 Å². The molecule has 33 heavy (non-hydrogen) atoms. The molecule has 0 spiro atoms. The van der Waals surface area contributed by atoms with E-state index in [1.54, 1.807) is 53.8 Å². The van der Waals surface area contributed by atoms with Crippen LogP contribution >= 0.6 is 22.9 Å². The maximum Gasteiger partial charge on any atom is 0.273 e. The fourth-order valence-corrected chi connectivity index (χ4v) is 4.36. The molecule has 2 heterocycles. The molecule has 2 N–H and O–H groups in total. The topological polar surface area (TPSA) is 86.8 Å². The van der Waals surface area contributed by atoms with Gasteiger partial charge in [-0.2, -0.15) is 0 Å². The zero-order valence-electron chi connectivity index (χ0n) is 18.1. The van der Waals surface area contributed by atoms with Crippen LogP contribution in [0.5, 0.6) is 5.75 Å². The van der Waals surface area contributed by atoms with Crippen LogP contribution in [0.1, 0.15) is 10.5 Å². The summed E-state index contributed by atoms with van der Waals surface area (Å²) in [6.45, 7) is 2.62. The zero-order valence-corrected chi connectivity index (χ0v) is 19.7. The molecule has 0 saturated carbocycles. The highest BCUT2D eigenvalue weighted by molar-refractivity contribution is 7.14. The highest BCUT2D eigenvalue weighted by Crippen LogP contribution is 2.24. The maximum atomic E-state index is 12.9. The van der Waals surface area contributed by atoms with Gasteiger partial charge in [-0.3, -0.25) is 14.5 Å². The molecule has 4 rings (SSSR count). The van der Waals surface area contributed by atoms with Gasteiger partial charge in [-0.15, -0.1) is 11.3 Å². The summed E-state index contributed by atoms with van der Waals surface area (Å²) < 4.78 is 5.12. The lowest BCUT2D eigenvalue weighted by molar-refractivity contribution is -0.117. The lowest BCUT2D eigenvalue weighted by atomic mass is 10.2. The van der Waals surface area contributed by atoms with Crippen LogP contribution in [0.2, 0.25) is 5.02 Å². The molecule has 2 aromatic carbocycles. The van der Waals surface area contributed by atoms with Crippen molar-refractivity contribution in [3.05, 3.63) is 64.6 Å². The van der Waals surface area contributed by atoms with E-state index < -0.39 is 0 Å². The third kappa shape index (κ3) is 6.22. The number of amides is 2. The van der Waals surface area contributed by atoms with E-state index in [1.165, 1.54) is 11.3 Å². The Bertz CT molecular complexity index is 1110. The Hall–Kier alpha value is -3.14. The molecule has 172 valence electrons. The molecule has 1 aromatic heterocycles. The number of nitrogens with one attached hydrogen (secondary N) is 2. The van der Waals surface area contributed by atoms with E-state index in [4.69, 9.17) is 16.3 Å². The molecule has 1 aliphatic rings. The van der Waals surface area contributed by atoms with Crippen LogP contribution in [-0.4, -0.2) is 66.4 Å². The van der Waals surface area contributed by atoms with Gasteiger partial charge in [0.15, 0.2) is 5.13 Å². The lowest BCUT2D eigenvalue weighted by Crippen LogP contribution is -2.50. The molecule has 3 aromatic rings. The number of halogens is 1. The second kappa shape index (κ2) is 10.7. The van der Waals surface area contributed by atoms with Crippen molar-refractivity contribution >= 4 is 51.3 Å². The van der Waals surface area contributed by atoms with E-state index in [9.17, 15) is 9.59 Å². The van der Waals surface area contributed by atoms with Crippen LogP contribution in [0.15, 0.2) is 53.9 Å². The van der Waals surface area contributed by atoms with Crippen molar-refractivity contribution in [2.24, 2.45) is 0 Å². The number of hydrogen-bond donors (Lipinski definition) is 2. The summed E-state index contributed by atoms with van der Waals surface area (Å²) in [5.74, 6) is 0.546. The quantitative estimate of drug-likeness (QED) is 0.527. The number of piperazine rings is 1. The van der Waals surface area contributed by atoms with E-state index in [1.807, 2.05) is 17.0 Å². The molecule has 2 amide bonds. The number of benzene rings is 2. The monoisotopic (exact) mass is 485 g/mol. The van der Waals surface area contributed by atoms with E-state index in [-0.39, 0.29) is 18.4 Å². The lowest BCUT2D eigenvalue weighted by Gasteiger charge is -2.33. The van der Waals surface area contributed by atoms with Gasteiger partial charge in [0.05, 0.1) is 13.7 Å². The van der Waals surface area contributed by atoms with Gasteiger partial charge in [-0.1, -0.05) is 17.7 Å². The number of rotatable bonds is 7. The number of carbonyl (C=O) groups is 2. The highest BCUT2D eigenvalue weighted by atomic mass is 35.5. The first kappa shape index (κ1) is 23.0. The van der Waals surface area contributed by atoms with Crippen molar-refractivity contribution in [3.63, 3.8) is 0 Å². The molecule has 8 nitrogen and oxygen atoms in total. The third-order valence-corrected chi connectivity index (χ3v) is 6.19. The van der Waals surface area contributed by atoms with Gasteiger partial charge < -0.3 is 20.3 Å². The standard InChI is InChI=1S/C23H24ClN5O3S/c1-32-19-7-5-17(6-8-19)25-21(30)14-28-9-11-29(12-10-28)22(31)20-15-33-23(27-20)26-18-4-2-3-16(24)13-18/h2-8,13,15H,9-12,14H2,1H3,(H,25,30)(H,26,27). The summed E-state index contributed by atoms with van der Waals surface area (Å²) in [5.41, 5.74) is 1.95. The number of thiazole rings is 1. The SMILES string of the molecule is COc1ccc(NC(=O)CN2CCN(C(=O)c3csc(Nc4cccc(Cl)c4)n3)CC2)cc1. The molecule has 0 bridgehead atoms. The number of carbonyl (C=O) groups excluding carboxylic acids is 2. The fraction of sp³-hybridized carbons (Fsp3) is 0.261. The highest BCUT2D eigenvalue weighted by Gasteiger charge is 2.25. The summed E-state index contributed by atoms with van der Waals surface area (Å²) >= 11 is 7.38. The van der Waals surface area contributed by atoms with Crippen molar-refractivity contribution in [2.75, 3.05) is 50.5 Å². The van der Waals surface area contributed by atoms with Crippen LogP contribution in [0, 0.1) is 0 Å². The molecule has 0 unspecified atom stereocenters. The minimum Gasteiger partial charge on any atom is -0.497 e. The Morgan fingerprint density at radius 3 is 2.55 bits per heavy atom. The Morgan fingerprint density at radius 1 is 1.09 bits per heavy atom. The molecule has 10 heteroatoms. The largest absolute Gasteiger partial charge is 0.497 e. The molecule has 0 aliphatic carbocycles. The van der Waals surface area contributed by atoms with Gasteiger partial charge in [0.1, 0.15) is 11.4 Å². The average molecular weight is 486 g/mol. The van der Waals surface area contributed by atoms with Crippen LogP contribution in [-0.2, 0) is 4.79 Å². The molecule has 1 saturated heterocycles. The van der Waals surface area contributed by atoms with Gasteiger partial charge in [-0.25, -0.2) is 4.98 Å². The number of ether oxygens (including phenoxy) is 1. The number of anilines is 3. The Balaban J connectivity index is 1.25. The number of methoxy groups -OCH3 is 1. The van der Waals surface area contributed by atoms with Gasteiger partial charge >= 0.3 is 0 Å². The summed E-state index contributed by atoms with van der Waals surface area (Å²) in [4.78, 5) is 33.4. The predicted molar refractivity (Wildman–Crippen MR) is 131 cm³/mol. The fourth-order valence-electron chi connectivity index (χ4n) is 3.47. The van der Waals surface area contributed by atoms with Gasteiger partial charge in [0.25, 0.3) is 5.91 Å². The van der Waals surface area contributed by atoms with Crippen molar-refractivity contribution in [2.45, 2.75) is 0 Å². The Kier molecular flexibility index (Phi) is 7.43. The first-order valence-electron chi connectivity index (χ1n) is 10.4. The van der Waals surface area contributed by atoms with E-state index in [0.29, 0.717) is 42.0 Å². The summed E-state index contributed by atoms with van der Waals surface area (Å²) in [5, 5.41) is 9.07. The first-order valence-corrected chi connectivity index (χ1v) is 11.7. The third-order valence-electron chi connectivity index (χ3n) is 5.20. The number of aromatic nitrogens is 1.